The summed E-state index contributed by atoms with van der Waals surface area (Å²) in [5, 5.41) is 23.3. The van der Waals surface area contributed by atoms with Crippen LogP contribution < -0.4 is 0 Å². The first kappa shape index (κ1) is 27.7. The average Bonchev–Trinajstić information content (AvgIpc) is 3.21. The van der Waals surface area contributed by atoms with Crippen LogP contribution in [0, 0.1) is 28.6 Å². The first-order valence-corrected chi connectivity index (χ1v) is 13.3. The molecule has 2 saturated heterocycles. The van der Waals surface area contributed by atoms with E-state index in [1.165, 1.54) is 0 Å². The molecular weight excluding hydrogens is 516 g/mol. The summed E-state index contributed by atoms with van der Waals surface area (Å²) < 4.78 is 27.9. The second-order valence-electron chi connectivity index (χ2n) is 11.5. The lowest BCUT2D eigenvalue weighted by Gasteiger charge is -2.67. The first-order valence-electron chi connectivity index (χ1n) is 13.3. The Hall–Kier alpha value is -2.83. The zero-order chi connectivity index (χ0) is 28.7. The molecule has 39 heavy (non-hydrogen) atoms. The smallest absolute Gasteiger partial charge is 0.348 e. The number of aliphatic hydroxyl groups excluding tert-OH is 2. The van der Waals surface area contributed by atoms with E-state index in [2.05, 4.69) is 0 Å². The van der Waals surface area contributed by atoms with Crippen molar-refractivity contribution in [1.29, 1.82) is 0 Å². The highest BCUT2D eigenvalue weighted by molar-refractivity contribution is 5.98. The summed E-state index contributed by atoms with van der Waals surface area (Å²) in [7, 11) is 1.09. The van der Waals surface area contributed by atoms with Crippen molar-refractivity contribution in [2.45, 2.75) is 83.4 Å². The molecule has 12 nitrogen and oxygen atoms in total. The molecule has 2 bridgehead atoms. The van der Waals surface area contributed by atoms with Crippen molar-refractivity contribution in [3.05, 3.63) is 11.3 Å². The SMILES string of the molecule is CCC(=O)OC1=C(C)C2CC3OC(=O)C(OC(=O)CC)C4C5(C(=O)OC)OCC34C(C(O)C5O)C2(C)CC1=O. The minimum atomic E-state index is -2.21. The molecule has 0 amide bonds. The van der Waals surface area contributed by atoms with Crippen LogP contribution in [0.1, 0.15) is 53.4 Å². The number of Topliss-reactive ketones (excluding diaryl/α,β-unsaturated/α-hetero) is 1. The maximum Gasteiger partial charge on any atom is 0.348 e. The van der Waals surface area contributed by atoms with Gasteiger partial charge in [-0.15, -0.1) is 0 Å². The number of fused-ring (bicyclic) bond motifs is 2. The number of ketones is 1. The van der Waals surface area contributed by atoms with Crippen LogP contribution in [0.15, 0.2) is 11.3 Å². The van der Waals surface area contributed by atoms with E-state index in [9.17, 15) is 34.2 Å². The zero-order valence-electron chi connectivity index (χ0n) is 22.6. The van der Waals surface area contributed by atoms with E-state index < -0.39 is 88.3 Å². The number of carbonyl (C=O) groups is 5. The van der Waals surface area contributed by atoms with Gasteiger partial charge in [-0.25, -0.2) is 9.59 Å². The Balaban J connectivity index is 1.72. The molecule has 2 heterocycles. The molecule has 4 fully saturated rings. The van der Waals surface area contributed by atoms with E-state index in [0.29, 0.717) is 5.57 Å². The predicted molar refractivity (Wildman–Crippen MR) is 127 cm³/mol. The second kappa shape index (κ2) is 9.10. The molecule has 12 heteroatoms. The molecule has 0 aromatic carbocycles. The van der Waals surface area contributed by atoms with Gasteiger partial charge in [0.25, 0.3) is 0 Å². The molecule has 2 N–H and O–H groups in total. The quantitative estimate of drug-likeness (QED) is 0.356. The van der Waals surface area contributed by atoms with Crippen LogP contribution in [-0.4, -0.2) is 83.6 Å². The van der Waals surface area contributed by atoms with E-state index in [1.807, 2.05) is 0 Å². The molecule has 2 aliphatic heterocycles. The Morgan fingerprint density at radius 2 is 1.74 bits per heavy atom. The van der Waals surface area contributed by atoms with Gasteiger partial charge >= 0.3 is 23.9 Å². The fraction of sp³-hybridized carbons (Fsp3) is 0.741. The minimum Gasteiger partial charge on any atom is -0.467 e. The number of hydrogen-bond acceptors (Lipinski definition) is 12. The molecule has 5 rings (SSSR count). The molecule has 214 valence electrons. The van der Waals surface area contributed by atoms with Crippen molar-refractivity contribution < 1.29 is 57.9 Å². The Morgan fingerprint density at radius 1 is 1.08 bits per heavy atom. The summed E-state index contributed by atoms with van der Waals surface area (Å²) in [5.74, 6) is -6.40. The Labute approximate surface area is 224 Å². The molecule has 0 radical (unpaired) electrons. The summed E-state index contributed by atoms with van der Waals surface area (Å²) >= 11 is 0. The van der Waals surface area contributed by atoms with E-state index in [0.717, 1.165) is 7.11 Å². The molecule has 0 aromatic heterocycles. The summed E-state index contributed by atoms with van der Waals surface area (Å²) in [6.07, 6.45) is -6.00. The Morgan fingerprint density at radius 3 is 2.36 bits per heavy atom. The summed E-state index contributed by atoms with van der Waals surface area (Å²) in [5.41, 5.74) is -4.07. The van der Waals surface area contributed by atoms with E-state index in [-0.39, 0.29) is 38.0 Å². The van der Waals surface area contributed by atoms with Gasteiger partial charge in [0, 0.05) is 30.6 Å². The molecule has 10 atom stereocenters. The van der Waals surface area contributed by atoms with Crippen LogP contribution in [0.3, 0.4) is 0 Å². The monoisotopic (exact) mass is 550 g/mol. The molecule has 1 spiro atoms. The van der Waals surface area contributed by atoms with Crippen molar-refractivity contribution in [3.63, 3.8) is 0 Å². The highest BCUT2D eigenvalue weighted by Crippen LogP contribution is 2.72. The lowest BCUT2D eigenvalue weighted by molar-refractivity contribution is -0.290. The highest BCUT2D eigenvalue weighted by atomic mass is 16.6. The summed E-state index contributed by atoms with van der Waals surface area (Å²) in [6.45, 7) is 6.39. The first-order chi connectivity index (χ1) is 18.3. The van der Waals surface area contributed by atoms with Gasteiger partial charge < -0.3 is 33.9 Å². The molecule has 3 aliphatic carbocycles. The molecule has 0 aromatic rings. The van der Waals surface area contributed by atoms with Gasteiger partial charge in [0.2, 0.25) is 11.7 Å². The number of hydrogen-bond donors (Lipinski definition) is 2. The lowest BCUT2D eigenvalue weighted by Crippen LogP contribution is -2.79. The number of carbonyl (C=O) groups excluding carboxylic acids is 5. The van der Waals surface area contributed by atoms with Gasteiger partial charge in [0.1, 0.15) is 12.2 Å². The summed E-state index contributed by atoms with van der Waals surface area (Å²) in [6, 6.07) is 0. The zero-order valence-corrected chi connectivity index (χ0v) is 22.6. The summed E-state index contributed by atoms with van der Waals surface area (Å²) in [4.78, 5) is 64.6. The third-order valence-corrected chi connectivity index (χ3v) is 9.87. The third-order valence-electron chi connectivity index (χ3n) is 9.87. The topological polar surface area (TPSA) is 172 Å². The van der Waals surface area contributed by atoms with Crippen molar-refractivity contribution in [3.8, 4) is 0 Å². The third kappa shape index (κ3) is 3.37. The van der Waals surface area contributed by atoms with E-state index in [4.69, 9.17) is 23.7 Å². The Kier molecular flexibility index (Phi) is 6.47. The number of allylic oxidation sites excluding steroid dienone is 2. The fourth-order valence-electron chi connectivity index (χ4n) is 8.39. The number of esters is 4. The van der Waals surface area contributed by atoms with Crippen LogP contribution >= 0.6 is 0 Å². The predicted octanol–water partition coefficient (Wildman–Crippen LogP) is 0.356. The van der Waals surface area contributed by atoms with Gasteiger partial charge in [-0.1, -0.05) is 20.8 Å². The lowest BCUT2D eigenvalue weighted by atomic mass is 9.38. The van der Waals surface area contributed by atoms with E-state index >= 15 is 0 Å². The van der Waals surface area contributed by atoms with Crippen LogP contribution in [0.2, 0.25) is 0 Å². The van der Waals surface area contributed by atoms with Crippen LogP contribution in [0.5, 0.6) is 0 Å². The normalized spacial score (nSPS) is 44.1. The number of aliphatic hydroxyl groups is 2. The largest absolute Gasteiger partial charge is 0.467 e. The van der Waals surface area contributed by atoms with Gasteiger partial charge in [0.05, 0.1) is 25.7 Å². The molecule has 2 saturated carbocycles. The molecule has 10 unspecified atom stereocenters. The maximum atomic E-state index is 13.4. The van der Waals surface area contributed by atoms with Crippen LogP contribution in [0.25, 0.3) is 0 Å². The number of rotatable bonds is 5. The Bertz CT molecular complexity index is 1180. The van der Waals surface area contributed by atoms with E-state index in [1.54, 1.807) is 27.7 Å². The van der Waals surface area contributed by atoms with Crippen molar-refractivity contribution in [1.82, 2.24) is 0 Å². The van der Waals surface area contributed by atoms with Crippen molar-refractivity contribution in [2.75, 3.05) is 13.7 Å². The molecular formula is C27H34O12. The van der Waals surface area contributed by atoms with Crippen LogP contribution in [-0.2, 0) is 47.7 Å². The standard InChI is InChI=1S/C27H34O12/c1-6-15(29)38-18-11(3)12-8-14-26-10-36-27(24(34)35-5,21(26)19(23(33)37-14)39-16(30)7-2)22(32)17(31)20(26)25(12,4)9-13(18)28/h12,14,17,19-22,31-32H,6-10H2,1-5H3. The fourth-order valence-corrected chi connectivity index (χ4v) is 8.39. The van der Waals surface area contributed by atoms with Gasteiger partial charge in [-0.05, 0) is 30.3 Å². The van der Waals surface area contributed by atoms with Crippen molar-refractivity contribution >= 4 is 29.7 Å². The van der Waals surface area contributed by atoms with Gasteiger partial charge in [-0.3, -0.25) is 14.4 Å². The number of ether oxygens (including phenoxy) is 5. The average molecular weight is 551 g/mol. The van der Waals surface area contributed by atoms with Crippen LogP contribution in [0.4, 0.5) is 0 Å². The van der Waals surface area contributed by atoms with Crippen molar-refractivity contribution in [2.24, 2.45) is 28.6 Å². The maximum absolute atomic E-state index is 13.4. The van der Waals surface area contributed by atoms with Gasteiger partial charge in [-0.2, -0.15) is 0 Å². The molecule has 5 aliphatic rings. The van der Waals surface area contributed by atoms with Gasteiger partial charge in [0.15, 0.2) is 11.5 Å². The number of methoxy groups -OCH3 is 1. The highest BCUT2D eigenvalue weighted by Gasteiger charge is 2.85. The second-order valence-corrected chi connectivity index (χ2v) is 11.5. The minimum absolute atomic E-state index is 0.0638.